The lowest BCUT2D eigenvalue weighted by Crippen LogP contribution is -2.01. The maximum Gasteiger partial charge on any atom is 0.310 e. The van der Waals surface area contributed by atoms with Crippen LogP contribution in [0.5, 0.6) is 5.75 Å². The van der Waals surface area contributed by atoms with Gasteiger partial charge in [-0.1, -0.05) is 6.07 Å². The van der Waals surface area contributed by atoms with Gasteiger partial charge >= 0.3 is 5.69 Å². The van der Waals surface area contributed by atoms with Crippen LogP contribution in [-0.4, -0.2) is 18.1 Å². The third-order valence-electron chi connectivity index (χ3n) is 2.67. The highest BCUT2D eigenvalue weighted by Crippen LogP contribution is 2.41. The molecule has 5 heteroatoms. The highest BCUT2D eigenvalue weighted by atomic mass is 16.6. The van der Waals surface area contributed by atoms with Gasteiger partial charge in [0.25, 0.3) is 0 Å². The summed E-state index contributed by atoms with van der Waals surface area (Å²) in [5, 5.41) is 10.6. The standard InChI is InChI=1S/C10H12N2O3/c1-15-10-4-6(7-5-8(7)11)2-3-9(10)12(13)14/h2-4,7-8H,5,11H2,1H3/t7-,8+/m0/s1. The molecular weight excluding hydrogens is 196 g/mol. The quantitative estimate of drug-likeness (QED) is 0.601. The summed E-state index contributed by atoms with van der Waals surface area (Å²) in [6.45, 7) is 0. The first-order valence-electron chi connectivity index (χ1n) is 4.71. The fraction of sp³-hybridized carbons (Fsp3) is 0.400. The minimum absolute atomic E-state index is 0.00419. The molecule has 0 aromatic heterocycles. The number of hydrogen-bond donors (Lipinski definition) is 1. The topological polar surface area (TPSA) is 78.4 Å². The molecule has 0 radical (unpaired) electrons. The van der Waals surface area contributed by atoms with Crippen molar-refractivity contribution >= 4 is 5.69 Å². The van der Waals surface area contributed by atoms with Crippen LogP contribution >= 0.6 is 0 Å². The van der Waals surface area contributed by atoms with Crippen LogP contribution in [0.1, 0.15) is 17.9 Å². The molecule has 0 unspecified atom stereocenters. The summed E-state index contributed by atoms with van der Waals surface area (Å²) in [7, 11) is 1.43. The van der Waals surface area contributed by atoms with E-state index in [0.29, 0.717) is 11.7 Å². The lowest BCUT2D eigenvalue weighted by Gasteiger charge is -2.04. The molecule has 80 valence electrons. The number of ether oxygens (including phenoxy) is 1. The maximum atomic E-state index is 10.6. The number of benzene rings is 1. The molecule has 0 amide bonds. The van der Waals surface area contributed by atoms with Gasteiger partial charge in [-0.2, -0.15) is 0 Å². The molecule has 1 saturated carbocycles. The predicted molar refractivity (Wildman–Crippen MR) is 55.0 cm³/mol. The van der Waals surface area contributed by atoms with Gasteiger partial charge in [-0.3, -0.25) is 10.1 Å². The molecule has 1 aromatic rings. The Hall–Kier alpha value is -1.62. The molecule has 0 heterocycles. The van der Waals surface area contributed by atoms with E-state index in [0.717, 1.165) is 12.0 Å². The zero-order valence-corrected chi connectivity index (χ0v) is 8.34. The van der Waals surface area contributed by atoms with Crippen molar-refractivity contribution in [2.24, 2.45) is 5.73 Å². The zero-order chi connectivity index (χ0) is 11.0. The van der Waals surface area contributed by atoms with Crippen LogP contribution < -0.4 is 10.5 Å². The first-order valence-corrected chi connectivity index (χ1v) is 4.71. The van der Waals surface area contributed by atoms with E-state index in [4.69, 9.17) is 10.5 Å². The lowest BCUT2D eigenvalue weighted by atomic mass is 10.1. The van der Waals surface area contributed by atoms with Crippen LogP contribution in [-0.2, 0) is 0 Å². The molecule has 1 aliphatic rings. The number of methoxy groups -OCH3 is 1. The summed E-state index contributed by atoms with van der Waals surface area (Å²) in [4.78, 5) is 10.2. The van der Waals surface area contributed by atoms with E-state index < -0.39 is 4.92 Å². The van der Waals surface area contributed by atoms with E-state index in [-0.39, 0.29) is 11.7 Å². The Morgan fingerprint density at radius 2 is 2.27 bits per heavy atom. The van der Waals surface area contributed by atoms with Crippen molar-refractivity contribution in [3.05, 3.63) is 33.9 Å². The molecule has 1 fully saturated rings. The number of nitro groups is 1. The second-order valence-electron chi connectivity index (χ2n) is 3.69. The summed E-state index contributed by atoms with van der Waals surface area (Å²) < 4.78 is 4.98. The minimum Gasteiger partial charge on any atom is -0.490 e. The largest absolute Gasteiger partial charge is 0.490 e. The molecule has 0 saturated heterocycles. The van der Waals surface area contributed by atoms with Gasteiger partial charge < -0.3 is 10.5 Å². The van der Waals surface area contributed by atoms with Gasteiger partial charge in [0, 0.05) is 18.0 Å². The van der Waals surface area contributed by atoms with E-state index in [2.05, 4.69) is 0 Å². The average Bonchev–Trinajstić information content (AvgIpc) is 2.94. The van der Waals surface area contributed by atoms with Gasteiger partial charge in [-0.15, -0.1) is 0 Å². The third-order valence-corrected chi connectivity index (χ3v) is 2.67. The summed E-state index contributed by atoms with van der Waals surface area (Å²) in [5.74, 6) is 0.635. The molecule has 2 atom stereocenters. The highest BCUT2D eigenvalue weighted by Gasteiger charge is 2.35. The fourth-order valence-electron chi connectivity index (χ4n) is 1.67. The Morgan fingerprint density at radius 1 is 1.60 bits per heavy atom. The second-order valence-corrected chi connectivity index (χ2v) is 3.69. The third kappa shape index (κ3) is 1.78. The molecule has 1 aliphatic carbocycles. The van der Waals surface area contributed by atoms with Gasteiger partial charge in [0.05, 0.1) is 12.0 Å². The minimum atomic E-state index is -0.449. The van der Waals surface area contributed by atoms with Crippen molar-refractivity contribution in [2.75, 3.05) is 7.11 Å². The van der Waals surface area contributed by atoms with Crippen LogP contribution in [0.2, 0.25) is 0 Å². The van der Waals surface area contributed by atoms with E-state index in [1.807, 2.05) is 0 Å². The first kappa shape index (κ1) is 9.92. The van der Waals surface area contributed by atoms with Gasteiger partial charge in [-0.25, -0.2) is 0 Å². The van der Waals surface area contributed by atoms with Crippen LogP contribution in [0.15, 0.2) is 18.2 Å². The molecule has 2 rings (SSSR count). The lowest BCUT2D eigenvalue weighted by molar-refractivity contribution is -0.385. The summed E-state index contributed by atoms with van der Waals surface area (Å²) >= 11 is 0. The Bertz CT molecular complexity index is 406. The summed E-state index contributed by atoms with van der Waals surface area (Å²) in [6, 6.07) is 5.11. The SMILES string of the molecule is COc1cc([C@@H]2C[C@H]2N)ccc1[N+](=O)[O-]. The average molecular weight is 208 g/mol. The first-order chi connectivity index (χ1) is 7.13. The van der Waals surface area contributed by atoms with Crippen molar-refractivity contribution in [2.45, 2.75) is 18.4 Å². The van der Waals surface area contributed by atoms with Gasteiger partial charge in [-0.05, 0) is 18.1 Å². The van der Waals surface area contributed by atoms with Gasteiger partial charge in [0.2, 0.25) is 0 Å². The summed E-state index contributed by atoms with van der Waals surface area (Å²) in [5.41, 5.74) is 6.73. The van der Waals surface area contributed by atoms with Crippen molar-refractivity contribution in [3.8, 4) is 5.75 Å². The molecule has 0 spiro atoms. The van der Waals surface area contributed by atoms with Crippen molar-refractivity contribution in [1.29, 1.82) is 0 Å². The molecule has 5 nitrogen and oxygen atoms in total. The predicted octanol–water partition coefficient (Wildman–Crippen LogP) is 1.42. The highest BCUT2D eigenvalue weighted by molar-refractivity contribution is 5.50. The second kappa shape index (κ2) is 3.51. The number of rotatable bonds is 3. The van der Waals surface area contributed by atoms with Crippen LogP contribution in [0.25, 0.3) is 0 Å². The smallest absolute Gasteiger partial charge is 0.310 e. The van der Waals surface area contributed by atoms with E-state index in [1.54, 1.807) is 12.1 Å². The van der Waals surface area contributed by atoms with Gasteiger partial charge in [0.15, 0.2) is 5.75 Å². The number of nitrogens with two attached hydrogens (primary N) is 1. The molecule has 0 aliphatic heterocycles. The monoisotopic (exact) mass is 208 g/mol. The fourth-order valence-corrected chi connectivity index (χ4v) is 1.67. The summed E-state index contributed by atoms with van der Waals surface area (Å²) in [6.07, 6.45) is 0.945. The van der Waals surface area contributed by atoms with Crippen molar-refractivity contribution in [1.82, 2.24) is 0 Å². The van der Waals surface area contributed by atoms with Crippen molar-refractivity contribution in [3.63, 3.8) is 0 Å². The Labute approximate surface area is 87.0 Å². The Balaban J connectivity index is 2.34. The zero-order valence-electron chi connectivity index (χ0n) is 8.34. The molecule has 0 bridgehead atoms. The Morgan fingerprint density at radius 3 is 2.73 bits per heavy atom. The molecular formula is C10H12N2O3. The number of hydrogen-bond acceptors (Lipinski definition) is 4. The van der Waals surface area contributed by atoms with Crippen LogP contribution in [0.4, 0.5) is 5.69 Å². The van der Waals surface area contributed by atoms with E-state index in [1.165, 1.54) is 13.2 Å². The van der Waals surface area contributed by atoms with Crippen molar-refractivity contribution < 1.29 is 9.66 Å². The molecule has 15 heavy (non-hydrogen) atoms. The van der Waals surface area contributed by atoms with Gasteiger partial charge in [0.1, 0.15) is 0 Å². The number of nitrogens with zero attached hydrogens (tertiary/aromatic N) is 1. The van der Waals surface area contributed by atoms with Crippen LogP contribution in [0.3, 0.4) is 0 Å². The van der Waals surface area contributed by atoms with E-state index >= 15 is 0 Å². The van der Waals surface area contributed by atoms with E-state index in [9.17, 15) is 10.1 Å². The van der Waals surface area contributed by atoms with Crippen LogP contribution in [0, 0.1) is 10.1 Å². The number of nitro benzene ring substituents is 1. The normalized spacial score (nSPS) is 23.6. The molecule has 1 aromatic carbocycles. The maximum absolute atomic E-state index is 10.6. The Kier molecular flexibility index (Phi) is 2.32. The molecule has 2 N–H and O–H groups in total.